The van der Waals surface area contributed by atoms with Crippen molar-refractivity contribution in [2.75, 3.05) is 12.8 Å². The minimum atomic E-state index is -0.558. The Balaban J connectivity index is 1.89. The lowest BCUT2D eigenvalue weighted by molar-refractivity contribution is -0.114. The molecule has 7 heteroatoms. The van der Waals surface area contributed by atoms with Crippen molar-refractivity contribution >= 4 is 29.3 Å². The molecule has 1 aliphatic rings. The molecule has 0 saturated heterocycles. The zero-order valence-electron chi connectivity index (χ0n) is 14.5. The second-order valence-corrected chi connectivity index (χ2v) is 5.97. The molecule has 3 aromatic rings. The van der Waals surface area contributed by atoms with Crippen molar-refractivity contribution in [3.05, 3.63) is 71.4 Å². The number of benzene rings is 2. The van der Waals surface area contributed by atoms with Gasteiger partial charge in [0.05, 0.1) is 18.4 Å². The van der Waals surface area contributed by atoms with Gasteiger partial charge in [0.15, 0.2) is 0 Å². The second-order valence-electron chi connectivity index (χ2n) is 5.97. The predicted octanol–water partition coefficient (Wildman–Crippen LogP) is 2.27. The maximum Gasteiger partial charge on any atom is 0.264 e. The third-order valence-electron chi connectivity index (χ3n) is 4.28. The van der Waals surface area contributed by atoms with E-state index in [1.165, 1.54) is 4.68 Å². The van der Waals surface area contributed by atoms with Crippen LogP contribution >= 0.6 is 0 Å². The summed E-state index contributed by atoms with van der Waals surface area (Å²) in [7, 11) is 1.57. The number of carbonyl (C=O) groups is 2. The van der Waals surface area contributed by atoms with Gasteiger partial charge in [-0.2, -0.15) is 5.10 Å². The Kier molecular flexibility index (Phi) is 3.97. The predicted molar refractivity (Wildman–Crippen MR) is 101 cm³/mol. The smallest absolute Gasteiger partial charge is 0.264 e. The lowest BCUT2D eigenvalue weighted by atomic mass is 9.99. The van der Waals surface area contributed by atoms with Gasteiger partial charge in [-0.25, -0.2) is 4.68 Å². The number of carbonyl (C=O) groups excluding carboxylic acids is 2. The van der Waals surface area contributed by atoms with Gasteiger partial charge in [-0.3, -0.25) is 14.9 Å². The molecule has 27 heavy (non-hydrogen) atoms. The molecule has 0 spiro atoms. The highest BCUT2D eigenvalue weighted by atomic mass is 16.5. The van der Waals surface area contributed by atoms with Gasteiger partial charge < -0.3 is 10.5 Å². The van der Waals surface area contributed by atoms with E-state index in [9.17, 15) is 9.59 Å². The van der Waals surface area contributed by atoms with E-state index < -0.39 is 11.8 Å². The van der Waals surface area contributed by atoms with E-state index in [1.54, 1.807) is 25.3 Å². The molecule has 0 bridgehead atoms. The normalized spacial score (nSPS) is 14.8. The van der Waals surface area contributed by atoms with Crippen LogP contribution in [-0.4, -0.2) is 28.7 Å². The van der Waals surface area contributed by atoms with E-state index in [-0.39, 0.29) is 22.6 Å². The van der Waals surface area contributed by atoms with Gasteiger partial charge >= 0.3 is 0 Å². The fourth-order valence-corrected chi connectivity index (χ4v) is 2.98. The van der Waals surface area contributed by atoms with Crippen LogP contribution in [0, 0.1) is 0 Å². The molecule has 0 saturated carbocycles. The van der Waals surface area contributed by atoms with E-state index in [2.05, 4.69) is 10.4 Å². The van der Waals surface area contributed by atoms with Crippen LogP contribution in [0.5, 0.6) is 5.75 Å². The highest BCUT2D eigenvalue weighted by molar-refractivity contribution is 6.34. The Labute approximate surface area is 155 Å². The van der Waals surface area contributed by atoms with E-state index in [4.69, 9.17) is 10.5 Å². The number of amides is 2. The third-order valence-corrected chi connectivity index (χ3v) is 4.28. The molecule has 0 atom stereocenters. The molecule has 2 amide bonds. The van der Waals surface area contributed by atoms with Crippen molar-refractivity contribution in [1.29, 1.82) is 0 Å². The van der Waals surface area contributed by atoms with Gasteiger partial charge in [-0.15, -0.1) is 0 Å². The van der Waals surface area contributed by atoms with Crippen molar-refractivity contribution in [3.63, 3.8) is 0 Å². The Hall–Kier alpha value is -3.87. The van der Waals surface area contributed by atoms with Crippen LogP contribution in [0.2, 0.25) is 0 Å². The number of nitrogens with zero attached hydrogens (tertiary/aromatic N) is 2. The number of ether oxygens (including phenoxy) is 1. The van der Waals surface area contributed by atoms with Crippen LogP contribution in [0.1, 0.15) is 21.6 Å². The summed E-state index contributed by atoms with van der Waals surface area (Å²) in [6.45, 7) is 0. The van der Waals surface area contributed by atoms with Crippen LogP contribution in [-0.2, 0) is 4.79 Å². The molecule has 1 aliphatic heterocycles. The summed E-state index contributed by atoms with van der Waals surface area (Å²) >= 11 is 0. The van der Waals surface area contributed by atoms with Gasteiger partial charge in [0, 0.05) is 0 Å². The molecule has 0 aliphatic carbocycles. The summed E-state index contributed by atoms with van der Waals surface area (Å²) in [4.78, 5) is 24.8. The molecular weight excluding hydrogens is 344 g/mol. The number of anilines is 1. The van der Waals surface area contributed by atoms with Crippen molar-refractivity contribution in [2.45, 2.75) is 0 Å². The molecule has 7 nitrogen and oxygen atoms in total. The van der Waals surface area contributed by atoms with E-state index >= 15 is 0 Å². The van der Waals surface area contributed by atoms with Gasteiger partial charge in [0.25, 0.3) is 11.8 Å². The number of hydrogen-bond acceptors (Lipinski definition) is 5. The van der Waals surface area contributed by atoms with E-state index in [0.717, 1.165) is 5.56 Å². The average Bonchev–Trinajstić information content (AvgIpc) is 3.03. The zero-order valence-corrected chi connectivity index (χ0v) is 14.5. The quantitative estimate of drug-likeness (QED) is 0.551. The van der Waals surface area contributed by atoms with Gasteiger partial charge in [0.2, 0.25) is 0 Å². The van der Waals surface area contributed by atoms with Crippen molar-refractivity contribution in [2.24, 2.45) is 0 Å². The van der Waals surface area contributed by atoms with Gasteiger partial charge in [-0.05, 0) is 35.9 Å². The van der Waals surface area contributed by atoms with Crippen LogP contribution in [0.4, 0.5) is 5.82 Å². The van der Waals surface area contributed by atoms with Crippen molar-refractivity contribution < 1.29 is 14.3 Å². The minimum Gasteiger partial charge on any atom is -0.497 e. The van der Waals surface area contributed by atoms with Crippen LogP contribution in [0.15, 0.2) is 54.6 Å². The second kappa shape index (κ2) is 6.45. The van der Waals surface area contributed by atoms with Crippen LogP contribution in [0.25, 0.3) is 17.3 Å². The number of hydrogen-bond donors (Lipinski definition) is 2. The fourth-order valence-electron chi connectivity index (χ4n) is 2.98. The first kappa shape index (κ1) is 16.6. The summed E-state index contributed by atoms with van der Waals surface area (Å²) in [6, 6.07) is 16.4. The number of fused-ring (bicyclic) bond motifs is 1. The van der Waals surface area contributed by atoms with Crippen molar-refractivity contribution in [3.8, 4) is 11.4 Å². The number of aromatic nitrogens is 2. The zero-order chi connectivity index (χ0) is 19.0. The van der Waals surface area contributed by atoms with Gasteiger partial charge in [-0.1, -0.05) is 30.3 Å². The average molecular weight is 360 g/mol. The number of rotatable bonds is 3. The number of nitrogen functional groups attached to an aromatic ring is 1. The topological polar surface area (TPSA) is 99.2 Å². The molecule has 0 fully saturated rings. The summed E-state index contributed by atoms with van der Waals surface area (Å²) in [5.74, 6) is -0.241. The first-order valence-electron chi connectivity index (χ1n) is 8.24. The molecule has 2 heterocycles. The SMILES string of the molecule is COc1cccc(/C=C2/C(=O)NC(=O)c3c2nn(-c2ccccc2)c3N)c1. The molecule has 2 aromatic carbocycles. The number of methoxy groups -OCH3 is 1. The third kappa shape index (κ3) is 2.85. The highest BCUT2D eigenvalue weighted by Crippen LogP contribution is 2.31. The van der Waals surface area contributed by atoms with E-state index in [1.807, 2.05) is 42.5 Å². The van der Waals surface area contributed by atoms with E-state index in [0.29, 0.717) is 11.4 Å². The van der Waals surface area contributed by atoms with Crippen LogP contribution < -0.4 is 15.8 Å². The first-order valence-corrected chi connectivity index (χ1v) is 8.24. The molecule has 3 N–H and O–H groups in total. The van der Waals surface area contributed by atoms with Gasteiger partial charge in [0.1, 0.15) is 22.8 Å². The molecule has 1 aromatic heterocycles. The monoisotopic (exact) mass is 360 g/mol. The van der Waals surface area contributed by atoms with Crippen LogP contribution in [0.3, 0.4) is 0 Å². The maximum absolute atomic E-state index is 12.5. The Morgan fingerprint density at radius 2 is 1.85 bits per heavy atom. The van der Waals surface area contributed by atoms with Crippen molar-refractivity contribution in [1.82, 2.24) is 15.1 Å². The Bertz CT molecular complexity index is 1080. The highest BCUT2D eigenvalue weighted by Gasteiger charge is 2.34. The summed E-state index contributed by atoms with van der Waals surface area (Å²) in [6.07, 6.45) is 1.66. The largest absolute Gasteiger partial charge is 0.497 e. The Morgan fingerprint density at radius 3 is 2.59 bits per heavy atom. The molecular formula is C20H16N4O3. The lowest BCUT2D eigenvalue weighted by Crippen LogP contribution is -2.36. The first-order chi connectivity index (χ1) is 13.1. The molecule has 134 valence electrons. The number of nitrogens with two attached hydrogens (primary N) is 1. The number of imide groups is 1. The summed E-state index contributed by atoms with van der Waals surface area (Å²) in [5.41, 5.74) is 8.33. The number of para-hydroxylation sites is 1. The standard InChI is InChI=1S/C20H16N4O3/c1-27-14-9-5-6-12(10-14)11-15-17-16(20(26)22-19(15)25)18(21)24(23-17)13-7-3-2-4-8-13/h2-11H,21H2,1H3,(H,22,25,26)/b15-11+. The minimum absolute atomic E-state index is 0.178. The lowest BCUT2D eigenvalue weighted by Gasteiger charge is -2.13. The molecule has 0 unspecified atom stereocenters. The fraction of sp³-hybridized carbons (Fsp3) is 0.0500. The molecule has 0 radical (unpaired) electrons. The summed E-state index contributed by atoms with van der Waals surface area (Å²) in [5, 5.41) is 6.78. The molecule has 4 rings (SSSR count). The Morgan fingerprint density at radius 1 is 1.07 bits per heavy atom. The summed E-state index contributed by atoms with van der Waals surface area (Å²) < 4.78 is 6.68. The number of nitrogens with one attached hydrogen (secondary N) is 1. The maximum atomic E-state index is 12.5.